The van der Waals surface area contributed by atoms with Gasteiger partial charge in [-0.15, -0.1) is 0 Å². The molecule has 1 rings (SSSR count). The van der Waals surface area contributed by atoms with Gasteiger partial charge in [-0.25, -0.2) is 0 Å². The number of aliphatic hydroxyl groups is 2. The first-order valence-corrected chi connectivity index (χ1v) is 11.1. The molecule has 2 atom stereocenters. The third kappa shape index (κ3) is 4.38. The highest BCUT2D eigenvalue weighted by molar-refractivity contribution is 6.04. The van der Waals surface area contributed by atoms with E-state index in [1.165, 1.54) is 0 Å². The minimum Gasteiger partial charge on any atom is -0.388 e. The molecule has 0 bridgehead atoms. The SMILES string of the molecule is CCC(O)(CC)C(C)N(C(=O)C1(C(N)=O)CCCCC1)C(C)C(O)(CC)CC. The Hall–Kier alpha value is -1.14. The maximum absolute atomic E-state index is 13.9. The molecule has 6 nitrogen and oxygen atoms in total. The zero-order valence-corrected chi connectivity index (χ0v) is 18.8. The molecule has 0 aromatic heterocycles. The van der Waals surface area contributed by atoms with Crippen LogP contribution in [0.2, 0.25) is 0 Å². The molecule has 1 saturated carbocycles. The molecule has 0 saturated heterocycles. The quantitative estimate of drug-likeness (QED) is 0.492. The second kappa shape index (κ2) is 9.57. The van der Waals surface area contributed by atoms with Gasteiger partial charge in [0.25, 0.3) is 0 Å². The van der Waals surface area contributed by atoms with Gasteiger partial charge < -0.3 is 20.8 Å². The predicted octanol–water partition coefficient (Wildman–Crippen LogP) is 3.13. The second-order valence-electron chi connectivity index (χ2n) is 8.69. The van der Waals surface area contributed by atoms with E-state index in [9.17, 15) is 19.8 Å². The van der Waals surface area contributed by atoms with Gasteiger partial charge in [0.2, 0.25) is 11.8 Å². The molecule has 1 aliphatic rings. The van der Waals surface area contributed by atoms with E-state index in [0.717, 1.165) is 19.3 Å². The van der Waals surface area contributed by atoms with Crippen LogP contribution < -0.4 is 5.73 Å². The van der Waals surface area contributed by atoms with E-state index in [-0.39, 0.29) is 5.91 Å². The molecular formula is C22H42N2O4. The summed E-state index contributed by atoms with van der Waals surface area (Å²) < 4.78 is 0. The molecule has 28 heavy (non-hydrogen) atoms. The molecule has 1 aliphatic carbocycles. The summed E-state index contributed by atoms with van der Waals surface area (Å²) in [6.45, 7) is 11.2. The van der Waals surface area contributed by atoms with E-state index in [4.69, 9.17) is 5.73 Å². The fraction of sp³-hybridized carbons (Fsp3) is 0.909. The van der Waals surface area contributed by atoms with Crippen LogP contribution in [0.15, 0.2) is 0 Å². The lowest BCUT2D eigenvalue weighted by Crippen LogP contribution is -2.66. The van der Waals surface area contributed by atoms with Crippen LogP contribution in [0.5, 0.6) is 0 Å². The maximum Gasteiger partial charge on any atom is 0.238 e. The summed E-state index contributed by atoms with van der Waals surface area (Å²) >= 11 is 0. The summed E-state index contributed by atoms with van der Waals surface area (Å²) in [5, 5.41) is 22.4. The van der Waals surface area contributed by atoms with Crippen LogP contribution in [0, 0.1) is 5.41 Å². The molecule has 2 amide bonds. The highest BCUT2D eigenvalue weighted by atomic mass is 16.3. The Morgan fingerprint density at radius 2 is 1.25 bits per heavy atom. The van der Waals surface area contributed by atoms with Crippen molar-refractivity contribution < 1.29 is 19.8 Å². The molecule has 0 spiro atoms. The van der Waals surface area contributed by atoms with Gasteiger partial charge in [0.15, 0.2) is 0 Å². The van der Waals surface area contributed by atoms with Gasteiger partial charge in [0.1, 0.15) is 5.41 Å². The van der Waals surface area contributed by atoms with E-state index < -0.39 is 34.6 Å². The number of primary amides is 1. The number of carbonyl (C=O) groups excluding carboxylic acids is 2. The maximum atomic E-state index is 13.9. The molecule has 4 N–H and O–H groups in total. The van der Waals surface area contributed by atoms with E-state index in [1.807, 2.05) is 41.5 Å². The Balaban J connectivity index is 3.52. The zero-order chi connectivity index (χ0) is 21.8. The lowest BCUT2D eigenvalue weighted by molar-refractivity contribution is -0.171. The fourth-order valence-electron chi connectivity index (χ4n) is 4.85. The Labute approximate surface area is 170 Å². The normalized spacial score (nSPS) is 19.7. The summed E-state index contributed by atoms with van der Waals surface area (Å²) in [5.41, 5.74) is 2.34. The second-order valence-corrected chi connectivity index (χ2v) is 8.69. The predicted molar refractivity (Wildman–Crippen MR) is 112 cm³/mol. The largest absolute Gasteiger partial charge is 0.388 e. The number of carbonyl (C=O) groups is 2. The minimum atomic E-state index is -1.24. The summed E-state index contributed by atoms with van der Waals surface area (Å²) in [5.74, 6) is -0.921. The van der Waals surface area contributed by atoms with Gasteiger partial charge in [-0.05, 0) is 52.4 Å². The number of nitrogens with zero attached hydrogens (tertiary/aromatic N) is 1. The molecule has 0 heterocycles. The van der Waals surface area contributed by atoms with E-state index >= 15 is 0 Å². The molecule has 164 valence electrons. The van der Waals surface area contributed by atoms with Crippen LogP contribution in [-0.2, 0) is 9.59 Å². The van der Waals surface area contributed by atoms with E-state index in [1.54, 1.807) is 4.90 Å². The first kappa shape index (κ1) is 24.9. The number of nitrogens with two attached hydrogens (primary N) is 1. The van der Waals surface area contributed by atoms with Gasteiger partial charge in [-0.1, -0.05) is 47.0 Å². The highest BCUT2D eigenvalue weighted by Gasteiger charge is 2.53. The lowest BCUT2D eigenvalue weighted by Gasteiger charge is -2.51. The molecular weight excluding hydrogens is 356 g/mol. The summed E-state index contributed by atoms with van der Waals surface area (Å²) in [4.78, 5) is 28.0. The summed E-state index contributed by atoms with van der Waals surface area (Å²) in [7, 11) is 0. The minimum absolute atomic E-state index is 0.333. The van der Waals surface area contributed by atoms with Gasteiger partial charge in [0, 0.05) is 0 Å². The van der Waals surface area contributed by atoms with Gasteiger partial charge >= 0.3 is 0 Å². The molecule has 6 heteroatoms. The average Bonchev–Trinajstić information content (AvgIpc) is 2.72. The fourth-order valence-corrected chi connectivity index (χ4v) is 4.85. The van der Waals surface area contributed by atoms with Crippen LogP contribution in [-0.4, -0.2) is 50.2 Å². The molecule has 2 unspecified atom stereocenters. The van der Waals surface area contributed by atoms with Crippen LogP contribution in [0.4, 0.5) is 0 Å². The third-order valence-corrected chi connectivity index (χ3v) is 7.66. The third-order valence-electron chi connectivity index (χ3n) is 7.66. The lowest BCUT2D eigenvalue weighted by atomic mass is 9.71. The van der Waals surface area contributed by atoms with Crippen molar-refractivity contribution >= 4 is 11.8 Å². The van der Waals surface area contributed by atoms with Crippen molar-refractivity contribution in [3.05, 3.63) is 0 Å². The van der Waals surface area contributed by atoms with Crippen LogP contribution in [0.1, 0.15) is 99.3 Å². The van der Waals surface area contributed by atoms with Crippen molar-refractivity contribution in [2.75, 3.05) is 0 Å². The monoisotopic (exact) mass is 398 g/mol. The first-order valence-electron chi connectivity index (χ1n) is 11.1. The number of hydrogen-bond donors (Lipinski definition) is 3. The zero-order valence-electron chi connectivity index (χ0n) is 18.8. The van der Waals surface area contributed by atoms with Crippen molar-refractivity contribution in [3.63, 3.8) is 0 Å². The molecule has 0 aromatic carbocycles. The number of hydrogen-bond acceptors (Lipinski definition) is 4. The molecule has 0 radical (unpaired) electrons. The average molecular weight is 399 g/mol. The standard InChI is InChI=1S/C22H42N2O4/c1-7-21(27,8-2)16(5)24(17(6)22(28,9-3)10-4)19(26)20(18(23)25)14-12-11-13-15-20/h16-17,27-28H,7-15H2,1-6H3,(H2,23,25). The smallest absolute Gasteiger partial charge is 0.238 e. The van der Waals surface area contributed by atoms with Crippen LogP contribution in [0.25, 0.3) is 0 Å². The molecule has 1 fully saturated rings. The number of amides is 2. The Bertz CT molecular complexity index is 511. The van der Waals surface area contributed by atoms with Gasteiger partial charge in [-0.2, -0.15) is 0 Å². The van der Waals surface area contributed by atoms with Crippen molar-refractivity contribution in [2.24, 2.45) is 11.1 Å². The van der Waals surface area contributed by atoms with Gasteiger partial charge in [-0.3, -0.25) is 9.59 Å². The van der Waals surface area contributed by atoms with Crippen molar-refractivity contribution in [1.82, 2.24) is 4.90 Å². The molecule has 0 aromatic rings. The molecule has 0 aliphatic heterocycles. The van der Waals surface area contributed by atoms with E-state index in [0.29, 0.717) is 38.5 Å². The van der Waals surface area contributed by atoms with E-state index in [2.05, 4.69) is 0 Å². The summed E-state index contributed by atoms with van der Waals surface area (Å²) in [6, 6.07) is -1.10. The highest BCUT2D eigenvalue weighted by Crippen LogP contribution is 2.41. The van der Waals surface area contributed by atoms with Crippen molar-refractivity contribution in [2.45, 2.75) is 123 Å². The Kier molecular flexibility index (Phi) is 8.51. The van der Waals surface area contributed by atoms with Crippen molar-refractivity contribution in [1.29, 1.82) is 0 Å². The number of rotatable bonds is 10. The summed E-state index contributed by atoms with van der Waals surface area (Å²) in [6.07, 6.45) is 5.31. The van der Waals surface area contributed by atoms with Crippen LogP contribution >= 0.6 is 0 Å². The van der Waals surface area contributed by atoms with Crippen molar-refractivity contribution in [3.8, 4) is 0 Å². The topological polar surface area (TPSA) is 104 Å². The Morgan fingerprint density at radius 3 is 1.54 bits per heavy atom. The Morgan fingerprint density at radius 1 is 0.893 bits per heavy atom. The van der Waals surface area contributed by atoms with Crippen LogP contribution in [0.3, 0.4) is 0 Å². The van der Waals surface area contributed by atoms with Gasteiger partial charge in [0.05, 0.1) is 23.3 Å². The first-order chi connectivity index (χ1) is 13.0.